The van der Waals surface area contributed by atoms with Crippen LogP contribution in [0, 0.1) is 5.92 Å². The Labute approximate surface area is 116 Å². The summed E-state index contributed by atoms with van der Waals surface area (Å²) in [4.78, 5) is 27.2. The molecule has 0 aliphatic heterocycles. The van der Waals surface area contributed by atoms with Crippen LogP contribution in [-0.2, 0) is 9.53 Å². The van der Waals surface area contributed by atoms with Gasteiger partial charge in [0, 0.05) is 12.1 Å². The minimum atomic E-state index is -0.439. The molecule has 1 aliphatic carbocycles. The zero-order valence-electron chi connectivity index (χ0n) is 10.8. The number of hydrogen-bond acceptors (Lipinski definition) is 4. The molecule has 0 bridgehead atoms. The molecule has 0 aromatic heterocycles. The standard InChI is InChI=1S/C14H14ClNO3/c1-8-11(5-6-13(8)17)16-12-4-3-9(7-10(12)15)14(18)19-2/h3-4,7-8H,5-6H2,1-2H3. The predicted octanol–water partition coefficient (Wildman–Crippen LogP) is 3.20. The molecule has 5 heteroatoms. The van der Waals surface area contributed by atoms with Crippen molar-refractivity contribution in [3.05, 3.63) is 28.8 Å². The average molecular weight is 280 g/mol. The molecular formula is C14H14ClNO3. The molecule has 0 saturated heterocycles. The topological polar surface area (TPSA) is 55.7 Å². The van der Waals surface area contributed by atoms with E-state index in [1.165, 1.54) is 13.2 Å². The smallest absolute Gasteiger partial charge is 0.337 e. The fraction of sp³-hybridized carbons (Fsp3) is 0.357. The lowest BCUT2D eigenvalue weighted by molar-refractivity contribution is -0.119. The van der Waals surface area contributed by atoms with E-state index < -0.39 is 5.97 Å². The van der Waals surface area contributed by atoms with Crippen molar-refractivity contribution < 1.29 is 14.3 Å². The zero-order chi connectivity index (χ0) is 14.0. The van der Waals surface area contributed by atoms with E-state index in [4.69, 9.17) is 11.6 Å². The number of carbonyl (C=O) groups is 2. The molecule has 4 nitrogen and oxygen atoms in total. The summed E-state index contributed by atoms with van der Waals surface area (Å²) < 4.78 is 4.62. The molecule has 19 heavy (non-hydrogen) atoms. The fourth-order valence-corrected chi connectivity index (χ4v) is 2.24. The maximum absolute atomic E-state index is 11.5. The van der Waals surface area contributed by atoms with Crippen LogP contribution < -0.4 is 0 Å². The van der Waals surface area contributed by atoms with Gasteiger partial charge in [-0.05, 0) is 24.6 Å². The second kappa shape index (κ2) is 5.53. The fourth-order valence-electron chi connectivity index (χ4n) is 2.02. The van der Waals surface area contributed by atoms with Gasteiger partial charge in [-0.15, -0.1) is 0 Å². The first-order valence-electron chi connectivity index (χ1n) is 6.01. The van der Waals surface area contributed by atoms with E-state index in [2.05, 4.69) is 9.73 Å². The Kier molecular flexibility index (Phi) is 4.00. The summed E-state index contributed by atoms with van der Waals surface area (Å²) in [7, 11) is 1.32. The summed E-state index contributed by atoms with van der Waals surface area (Å²) in [5, 5.41) is 0.377. The third kappa shape index (κ3) is 2.84. The molecule has 0 N–H and O–H groups in total. The number of benzene rings is 1. The van der Waals surface area contributed by atoms with Gasteiger partial charge in [0.05, 0.1) is 29.3 Å². The number of aliphatic imine (C=N–C) groups is 1. The van der Waals surface area contributed by atoms with Gasteiger partial charge in [0.2, 0.25) is 0 Å². The van der Waals surface area contributed by atoms with Crippen molar-refractivity contribution in [3.8, 4) is 0 Å². The molecule has 0 amide bonds. The van der Waals surface area contributed by atoms with Crippen molar-refractivity contribution in [2.45, 2.75) is 19.8 Å². The molecule has 1 aliphatic rings. The van der Waals surface area contributed by atoms with Crippen LogP contribution >= 0.6 is 11.6 Å². The first kappa shape index (κ1) is 13.7. The predicted molar refractivity (Wildman–Crippen MR) is 73.3 cm³/mol. The summed E-state index contributed by atoms with van der Waals surface area (Å²) >= 11 is 6.09. The minimum Gasteiger partial charge on any atom is -0.465 e. The summed E-state index contributed by atoms with van der Waals surface area (Å²) in [6, 6.07) is 4.80. The number of Topliss-reactive ketones (excluding diaryl/α,β-unsaturated/α-hetero) is 1. The molecule has 1 fully saturated rings. The van der Waals surface area contributed by atoms with Gasteiger partial charge in [-0.3, -0.25) is 9.79 Å². The molecular weight excluding hydrogens is 266 g/mol. The number of carbonyl (C=O) groups excluding carboxylic acids is 2. The maximum Gasteiger partial charge on any atom is 0.337 e. The zero-order valence-corrected chi connectivity index (χ0v) is 11.5. The van der Waals surface area contributed by atoms with Crippen molar-refractivity contribution in [2.24, 2.45) is 10.9 Å². The molecule has 0 radical (unpaired) electrons. The van der Waals surface area contributed by atoms with Crippen molar-refractivity contribution in [1.29, 1.82) is 0 Å². The van der Waals surface area contributed by atoms with Crippen molar-refractivity contribution in [3.63, 3.8) is 0 Å². The van der Waals surface area contributed by atoms with Gasteiger partial charge in [-0.1, -0.05) is 18.5 Å². The molecule has 2 rings (SSSR count). The summed E-state index contributed by atoms with van der Waals surface area (Å²) in [6.07, 6.45) is 1.22. The van der Waals surface area contributed by atoms with E-state index in [1.54, 1.807) is 12.1 Å². The Bertz CT molecular complexity index is 566. The minimum absolute atomic E-state index is 0.142. The van der Waals surface area contributed by atoms with E-state index in [0.29, 0.717) is 29.1 Å². The summed E-state index contributed by atoms with van der Waals surface area (Å²) in [6.45, 7) is 1.85. The second-order valence-electron chi connectivity index (χ2n) is 4.45. The van der Waals surface area contributed by atoms with Gasteiger partial charge in [-0.2, -0.15) is 0 Å². The van der Waals surface area contributed by atoms with E-state index in [0.717, 1.165) is 5.71 Å². The highest BCUT2D eigenvalue weighted by Crippen LogP contribution is 2.29. The molecule has 1 saturated carbocycles. The Balaban J connectivity index is 2.30. The van der Waals surface area contributed by atoms with Gasteiger partial charge in [0.25, 0.3) is 0 Å². The van der Waals surface area contributed by atoms with Gasteiger partial charge < -0.3 is 4.74 Å². The van der Waals surface area contributed by atoms with Crippen molar-refractivity contribution >= 4 is 34.8 Å². The highest BCUT2D eigenvalue weighted by Gasteiger charge is 2.26. The van der Waals surface area contributed by atoms with E-state index in [9.17, 15) is 9.59 Å². The summed E-state index contributed by atoms with van der Waals surface area (Å²) in [5.41, 5.74) is 1.80. The van der Waals surface area contributed by atoms with Crippen LogP contribution in [0.25, 0.3) is 0 Å². The molecule has 1 atom stereocenters. The van der Waals surface area contributed by atoms with Gasteiger partial charge >= 0.3 is 5.97 Å². The third-order valence-electron chi connectivity index (χ3n) is 3.24. The quantitative estimate of drug-likeness (QED) is 0.781. The second-order valence-corrected chi connectivity index (χ2v) is 4.86. The normalized spacial score (nSPS) is 20.9. The van der Waals surface area contributed by atoms with Crippen molar-refractivity contribution in [1.82, 2.24) is 0 Å². The van der Waals surface area contributed by atoms with E-state index in [1.807, 2.05) is 6.92 Å². The largest absolute Gasteiger partial charge is 0.465 e. The van der Waals surface area contributed by atoms with Crippen molar-refractivity contribution in [2.75, 3.05) is 7.11 Å². The number of nitrogens with zero attached hydrogens (tertiary/aromatic N) is 1. The SMILES string of the molecule is COC(=O)c1ccc(N=C2CCC(=O)C2C)c(Cl)c1. The maximum atomic E-state index is 11.5. The van der Waals surface area contributed by atoms with Crippen LogP contribution in [0.5, 0.6) is 0 Å². The summed E-state index contributed by atoms with van der Waals surface area (Å²) in [5.74, 6) is -0.372. The average Bonchev–Trinajstić information content (AvgIpc) is 2.72. The lowest BCUT2D eigenvalue weighted by atomic mass is 10.1. The first-order chi connectivity index (χ1) is 9.02. The number of halogens is 1. The van der Waals surface area contributed by atoms with Crippen LogP contribution in [0.3, 0.4) is 0 Å². The number of methoxy groups -OCH3 is 1. The highest BCUT2D eigenvalue weighted by atomic mass is 35.5. The molecule has 0 heterocycles. The van der Waals surface area contributed by atoms with Crippen LogP contribution in [0.1, 0.15) is 30.1 Å². The lowest BCUT2D eigenvalue weighted by Gasteiger charge is -2.05. The lowest BCUT2D eigenvalue weighted by Crippen LogP contribution is -2.09. The first-order valence-corrected chi connectivity index (χ1v) is 6.38. The van der Waals surface area contributed by atoms with Crippen LogP contribution in [0.15, 0.2) is 23.2 Å². The number of ketones is 1. The molecule has 100 valence electrons. The van der Waals surface area contributed by atoms with Gasteiger partial charge in [-0.25, -0.2) is 4.79 Å². The number of hydrogen-bond donors (Lipinski definition) is 0. The van der Waals surface area contributed by atoms with E-state index in [-0.39, 0.29) is 11.7 Å². The Morgan fingerprint density at radius 2 is 2.16 bits per heavy atom. The monoisotopic (exact) mass is 279 g/mol. The van der Waals surface area contributed by atoms with Crippen LogP contribution in [0.4, 0.5) is 5.69 Å². The third-order valence-corrected chi connectivity index (χ3v) is 3.55. The number of rotatable bonds is 2. The number of esters is 1. The Morgan fingerprint density at radius 3 is 2.68 bits per heavy atom. The van der Waals surface area contributed by atoms with Crippen LogP contribution in [0.2, 0.25) is 5.02 Å². The molecule has 1 aromatic rings. The molecule has 1 unspecified atom stereocenters. The number of ether oxygens (including phenoxy) is 1. The Hall–Kier alpha value is -1.68. The van der Waals surface area contributed by atoms with Gasteiger partial charge in [0.15, 0.2) is 0 Å². The highest BCUT2D eigenvalue weighted by molar-refractivity contribution is 6.33. The molecule has 1 aromatic carbocycles. The van der Waals surface area contributed by atoms with E-state index >= 15 is 0 Å². The Morgan fingerprint density at radius 1 is 1.42 bits per heavy atom. The molecule has 0 spiro atoms. The van der Waals surface area contributed by atoms with Crippen LogP contribution in [-0.4, -0.2) is 24.6 Å². The van der Waals surface area contributed by atoms with Gasteiger partial charge in [0.1, 0.15) is 5.78 Å².